The molecule has 1 aromatic heterocycles. The number of nitriles is 1. The molecule has 0 N–H and O–H groups in total. The highest BCUT2D eigenvalue weighted by atomic mass is 19.4. The van der Waals surface area contributed by atoms with Crippen LogP contribution in [0.3, 0.4) is 0 Å². The maximum Gasteiger partial charge on any atom is 0.417 e. The van der Waals surface area contributed by atoms with E-state index in [-0.39, 0.29) is 11.6 Å². The maximum atomic E-state index is 12.7. The molecule has 0 amide bonds. The zero-order valence-electron chi connectivity index (χ0n) is 16.6. The predicted molar refractivity (Wildman–Crippen MR) is 100 cm³/mol. The van der Waals surface area contributed by atoms with Gasteiger partial charge in [-0.05, 0) is 18.2 Å². The summed E-state index contributed by atoms with van der Waals surface area (Å²) >= 11 is 0. The second-order valence-corrected chi connectivity index (χ2v) is 7.46. The van der Waals surface area contributed by atoms with Crippen molar-refractivity contribution >= 4 is 17.3 Å². The molecule has 0 saturated heterocycles. The minimum atomic E-state index is -4.59. The fourth-order valence-corrected chi connectivity index (χ4v) is 2.49. The summed E-state index contributed by atoms with van der Waals surface area (Å²) in [5.41, 5.74) is -3.22. The van der Waals surface area contributed by atoms with Crippen molar-refractivity contribution in [2.45, 2.75) is 26.9 Å². The number of rotatable bonds is 6. The Hall–Kier alpha value is -3.81. The molecule has 0 aliphatic rings. The third-order valence-electron chi connectivity index (χ3n) is 4.11. The van der Waals surface area contributed by atoms with E-state index in [1.165, 1.54) is 20.8 Å². The van der Waals surface area contributed by atoms with Crippen molar-refractivity contribution in [3.8, 4) is 17.7 Å². The van der Waals surface area contributed by atoms with Gasteiger partial charge in [0.1, 0.15) is 5.75 Å². The standard InChI is InChI=1S/C20H16F3N3O5/c1-19(2,3)18(28)14(9-24)17(27)13-6-5-12(8-15(13)26(29)30)31-16-7-4-11(10-25-16)20(21,22)23/h4-8,10,14H,1-3H3. The van der Waals surface area contributed by atoms with Crippen LogP contribution in [-0.2, 0) is 11.0 Å². The number of carbonyl (C=O) groups excluding carboxylic acids is 2. The zero-order valence-corrected chi connectivity index (χ0v) is 16.6. The van der Waals surface area contributed by atoms with E-state index < -0.39 is 50.8 Å². The summed E-state index contributed by atoms with van der Waals surface area (Å²) in [4.78, 5) is 39.1. The van der Waals surface area contributed by atoms with E-state index in [2.05, 4.69) is 4.98 Å². The summed E-state index contributed by atoms with van der Waals surface area (Å²) in [6, 6.07) is 6.27. The molecule has 1 heterocycles. The molecule has 8 nitrogen and oxygen atoms in total. The first-order valence-electron chi connectivity index (χ1n) is 8.73. The summed E-state index contributed by atoms with van der Waals surface area (Å²) in [6.07, 6.45) is -4.05. The van der Waals surface area contributed by atoms with Gasteiger partial charge in [0.05, 0.1) is 28.2 Å². The first-order valence-corrected chi connectivity index (χ1v) is 8.73. The van der Waals surface area contributed by atoms with Crippen LogP contribution in [0.25, 0.3) is 0 Å². The highest BCUT2D eigenvalue weighted by Gasteiger charge is 2.38. The van der Waals surface area contributed by atoms with Gasteiger partial charge in [0.25, 0.3) is 5.69 Å². The Morgan fingerprint density at radius 1 is 1.19 bits per heavy atom. The first kappa shape index (κ1) is 23.5. The highest BCUT2D eigenvalue weighted by molar-refractivity contribution is 6.15. The van der Waals surface area contributed by atoms with Crippen molar-refractivity contribution in [2.24, 2.45) is 11.3 Å². The topological polar surface area (TPSA) is 123 Å². The largest absolute Gasteiger partial charge is 0.439 e. The molecule has 1 atom stereocenters. The highest BCUT2D eigenvalue weighted by Crippen LogP contribution is 2.33. The number of hydrogen-bond donors (Lipinski definition) is 0. The maximum absolute atomic E-state index is 12.7. The molecular formula is C20H16F3N3O5. The van der Waals surface area contributed by atoms with Gasteiger partial charge >= 0.3 is 6.18 Å². The molecule has 1 aromatic carbocycles. The summed E-state index contributed by atoms with van der Waals surface area (Å²) < 4.78 is 43.0. The van der Waals surface area contributed by atoms with E-state index >= 15 is 0 Å². The quantitative estimate of drug-likeness (QED) is 0.278. The van der Waals surface area contributed by atoms with Gasteiger partial charge in [-0.25, -0.2) is 4.98 Å². The number of nitrogens with zero attached hydrogens (tertiary/aromatic N) is 3. The number of aromatic nitrogens is 1. The van der Waals surface area contributed by atoms with Crippen LogP contribution < -0.4 is 4.74 Å². The molecule has 0 spiro atoms. The van der Waals surface area contributed by atoms with Gasteiger partial charge in [-0.15, -0.1) is 0 Å². The fraction of sp³-hybridized carbons (Fsp3) is 0.300. The van der Waals surface area contributed by atoms with E-state index in [0.29, 0.717) is 6.20 Å². The van der Waals surface area contributed by atoms with E-state index in [1.807, 2.05) is 0 Å². The third-order valence-corrected chi connectivity index (χ3v) is 4.11. The van der Waals surface area contributed by atoms with E-state index in [4.69, 9.17) is 4.74 Å². The van der Waals surface area contributed by atoms with E-state index in [1.54, 1.807) is 6.07 Å². The lowest BCUT2D eigenvalue weighted by Crippen LogP contribution is -2.33. The van der Waals surface area contributed by atoms with Crippen LogP contribution in [0.2, 0.25) is 0 Å². The minimum Gasteiger partial charge on any atom is -0.439 e. The number of ketones is 2. The lowest BCUT2D eigenvalue weighted by molar-refractivity contribution is -0.385. The van der Waals surface area contributed by atoms with Crippen LogP contribution in [0.15, 0.2) is 36.5 Å². The van der Waals surface area contributed by atoms with Crippen LogP contribution in [0, 0.1) is 32.8 Å². The Kier molecular flexibility index (Phi) is 6.44. The summed E-state index contributed by atoms with van der Waals surface area (Å²) in [5, 5.41) is 20.7. The van der Waals surface area contributed by atoms with Gasteiger partial charge in [-0.2, -0.15) is 18.4 Å². The molecule has 0 aliphatic carbocycles. The average Bonchev–Trinajstić information content (AvgIpc) is 2.67. The van der Waals surface area contributed by atoms with Gasteiger partial charge in [0.15, 0.2) is 17.5 Å². The summed E-state index contributed by atoms with van der Waals surface area (Å²) in [5.74, 6) is -3.90. The predicted octanol–water partition coefficient (Wildman–Crippen LogP) is 4.74. The van der Waals surface area contributed by atoms with Crippen molar-refractivity contribution in [1.29, 1.82) is 5.26 Å². The molecule has 0 saturated carbocycles. The summed E-state index contributed by atoms with van der Waals surface area (Å²) in [7, 11) is 0. The summed E-state index contributed by atoms with van der Waals surface area (Å²) in [6.45, 7) is 4.53. The molecule has 2 rings (SSSR count). The molecule has 2 aromatic rings. The van der Waals surface area contributed by atoms with E-state index in [0.717, 1.165) is 30.3 Å². The number of nitro groups is 1. The monoisotopic (exact) mass is 435 g/mol. The van der Waals surface area contributed by atoms with Crippen LogP contribution in [0.1, 0.15) is 36.7 Å². The Morgan fingerprint density at radius 3 is 2.29 bits per heavy atom. The normalized spacial score (nSPS) is 12.5. The fourth-order valence-electron chi connectivity index (χ4n) is 2.49. The molecule has 162 valence electrons. The molecular weight excluding hydrogens is 419 g/mol. The lowest BCUT2D eigenvalue weighted by atomic mass is 9.80. The van der Waals surface area contributed by atoms with Gasteiger partial charge in [-0.3, -0.25) is 19.7 Å². The number of halogens is 3. The van der Waals surface area contributed by atoms with Gasteiger partial charge in [0, 0.05) is 17.7 Å². The molecule has 31 heavy (non-hydrogen) atoms. The number of ether oxygens (including phenoxy) is 1. The van der Waals surface area contributed by atoms with Gasteiger partial charge in [0.2, 0.25) is 5.88 Å². The second kappa shape index (κ2) is 8.51. The molecule has 1 unspecified atom stereocenters. The van der Waals surface area contributed by atoms with Crippen molar-refractivity contribution in [3.63, 3.8) is 0 Å². The average molecular weight is 435 g/mol. The van der Waals surface area contributed by atoms with Crippen LogP contribution >= 0.6 is 0 Å². The number of pyridine rings is 1. The van der Waals surface area contributed by atoms with Crippen molar-refractivity contribution in [2.75, 3.05) is 0 Å². The SMILES string of the molecule is CC(C)(C)C(=O)C(C#N)C(=O)c1ccc(Oc2ccc(C(F)(F)F)cn2)cc1[N+](=O)[O-]. The third kappa shape index (κ3) is 5.42. The number of hydrogen-bond acceptors (Lipinski definition) is 7. The Morgan fingerprint density at radius 2 is 1.84 bits per heavy atom. The number of Topliss-reactive ketones (excluding diaryl/α,β-unsaturated/α-hetero) is 2. The van der Waals surface area contributed by atoms with Crippen molar-refractivity contribution < 1.29 is 32.4 Å². The van der Waals surface area contributed by atoms with Crippen molar-refractivity contribution in [3.05, 3.63) is 57.8 Å². The number of benzene rings is 1. The molecule has 0 bridgehead atoms. The van der Waals surface area contributed by atoms with Gasteiger partial charge in [-0.1, -0.05) is 20.8 Å². The smallest absolute Gasteiger partial charge is 0.417 e. The molecule has 0 fully saturated rings. The number of alkyl halides is 3. The van der Waals surface area contributed by atoms with E-state index in [9.17, 15) is 38.1 Å². The van der Waals surface area contributed by atoms with Gasteiger partial charge < -0.3 is 4.74 Å². The Labute approximate surface area is 174 Å². The second-order valence-electron chi connectivity index (χ2n) is 7.46. The molecule has 0 aliphatic heterocycles. The van der Waals surface area contributed by atoms with Crippen molar-refractivity contribution in [1.82, 2.24) is 4.98 Å². The number of carbonyl (C=O) groups is 2. The van der Waals surface area contributed by atoms with Crippen LogP contribution in [-0.4, -0.2) is 21.5 Å². The Balaban J connectivity index is 2.37. The minimum absolute atomic E-state index is 0.175. The Bertz CT molecular complexity index is 1070. The first-order chi connectivity index (χ1) is 14.3. The zero-order chi connectivity index (χ0) is 23.6. The molecule has 0 radical (unpaired) electrons. The lowest BCUT2D eigenvalue weighted by Gasteiger charge is -2.19. The molecule has 11 heteroatoms. The van der Waals surface area contributed by atoms with Crippen LogP contribution in [0.5, 0.6) is 11.6 Å². The van der Waals surface area contributed by atoms with Crippen LogP contribution in [0.4, 0.5) is 18.9 Å². The number of nitro benzene ring substituents is 1.